The Morgan fingerprint density at radius 1 is 1.00 bits per heavy atom. The van der Waals surface area contributed by atoms with E-state index in [1.807, 2.05) is 0 Å². The van der Waals surface area contributed by atoms with Crippen LogP contribution in [0.2, 0.25) is 0 Å². The normalized spacial score (nSPS) is 17.1. The van der Waals surface area contributed by atoms with Gasteiger partial charge >= 0.3 is 12.1 Å². The molecule has 0 saturated carbocycles. The Balaban J connectivity index is 1.77. The van der Waals surface area contributed by atoms with Crippen molar-refractivity contribution >= 4 is 29.1 Å². The predicted octanol–water partition coefficient (Wildman–Crippen LogP) is 3.24. The van der Waals surface area contributed by atoms with E-state index in [2.05, 4.69) is 5.32 Å². The van der Waals surface area contributed by atoms with Crippen LogP contribution >= 0.6 is 0 Å². The molecule has 0 fully saturated rings. The topological polar surface area (TPSA) is 81.8 Å². The zero-order valence-electron chi connectivity index (χ0n) is 19.8. The Morgan fingerprint density at radius 3 is 2.19 bits per heavy atom. The lowest BCUT2D eigenvalue weighted by molar-refractivity contribution is -0.278. The summed E-state index contributed by atoms with van der Waals surface area (Å²) in [5.74, 6) is -10.2. The van der Waals surface area contributed by atoms with Gasteiger partial charge in [0.1, 0.15) is 17.8 Å². The third-order valence-electron chi connectivity index (χ3n) is 5.90. The van der Waals surface area contributed by atoms with Crippen LogP contribution in [0.1, 0.15) is 12.5 Å². The minimum Gasteiger partial charge on any atom is -0.363 e. The maximum Gasteiger partial charge on any atom is 0.455 e. The highest BCUT2D eigenvalue weighted by molar-refractivity contribution is 6.05. The molecule has 3 amide bonds. The molecule has 0 spiro atoms. The molecule has 2 aromatic carbocycles. The van der Waals surface area contributed by atoms with Crippen LogP contribution in [0.5, 0.6) is 0 Å². The van der Waals surface area contributed by atoms with Crippen LogP contribution in [0.15, 0.2) is 48.5 Å². The van der Waals surface area contributed by atoms with Crippen molar-refractivity contribution in [1.29, 1.82) is 0 Å². The molecule has 200 valence electrons. The lowest BCUT2D eigenvalue weighted by atomic mass is 10.1. The summed E-state index contributed by atoms with van der Waals surface area (Å²) in [6.45, 7) is -0.845. The number of likely N-dealkylation sites (N-methyl/N-ethyl adjacent to an activating group) is 1. The van der Waals surface area contributed by atoms with Gasteiger partial charge in [-0.1, -0.05) is 24.3 Å². The SMILES string of the molecule is CC(C(=O)NCC(F)(F)C(F)(F)F)C(=O)N[C@H]1CN(Cc2ccc(F)cc2)c2ccccc2N(C)C1=O. The van der Waals surface area contributed by atoms with Gasteiger partial charge in [-0.2, -0.15) is 22.0 Å². The first-order valence-corrected chi connectivity index (χ1v) is 11.1. The summed E-state index contributed by atoms with van der Waals surface area (Å²) in [6.07, 6.45) is -5.87. The monoisotopic (exact) mass is 530 g/mol. The number of para-hydroxylation sites is 2. The molecule has 1 aliphatic rings. The Morgan fingerprint density at radius 2 is 1.59 bits per heavy atom. The number of hydrogen-bond donors (Lipinski definition) is 2. The molecule has 2 aromatic rings. The summed E-state index contributed by atoms with van der Waals surface area (Å²) < 4.78 is 76.7. The summed E-state index contributed by atoms with van der Waals surface area (Å²) in [5.41, 5.74) is 1.86. The van der Waals surface area contributed by atoms with Crippen molar-refractivity contribution in [2.24, 2.45) is 5.92 Å². The second kappa shape index (κ2) is 10.7. The van der Waals surface area contributed by atoms with Crippen molar-refractivity contribution in [3.05, 3.63) is 59.9 Å². The number of fused-ring (bicyclic) bond motifs is 1. The lowest BCUT2D eigenvalue weighted by Crippen LogP contribution is -2.54. The lowest BCUT2D eigenvalue weighted by Gasteiger charge is -2.27. The number of carbonyl (C=O) groups excluding carboxylic acids is 3. The van der Waals surface area contributed by atoms with E-state index in [1.165, 1.54) is 29.4 Å². The first-order chi connectivity index (χ1) is 17.2. The van der Waals surface area contributed by atoms with Crippen LogP contribution < -0.4 is 20.4 Å². The number of carbonyl (C=O) groups is 3. The fraction of sp³-hybridized carbons (Fsp3) is 0.375. The molecule has 1 heterocycles. The average Bonchev–Trinajstić information content (AvgIpc) is 2.94. The van der Waals surface area contributed by atoms with Gasteiger partial charge in [-0.25, -0.2) is 4.39 Å². The second-order valence-electron chi connectivity index (χ2n) is 8.60. The summed E-state index contributed by atoms with van der Waals surface area (Å²) in [4.78, 5) is 41.0. The van der Waals surface area contributed by atoms with E-state index in [1.54, 1.807) is 41.3 Å². The smallest absolute Gasteiger partial charge is 0.363 e. The minimum atomic E-state index is -5.87. The molecule has 1 aliphatic heterocycles. The predicted molar refractivity (Wildman–Crippen MR) is 122 cm³/mol. The van der Waals surface area contributed by atoms with Crippen LogP contribution in [-0.4, -0.2) is 56.0 Å². The number of hydrogen-bond acceptors (Lipinski definition) is 4. The van der Waals surface area contributed by atoms with Crippen molar-refractivity contribution in [2.75, 3.05) is 29.9 Å². The molecular weight excluding hydrogens is 506 g/mol. The van der Waals surface area contributed by atoms with E-state index in [0.29, 0.717) is 16.9 Å². The average molecular weight is 530 g/mol. The van der Waals surface area contributed by atoms with Gasteiger partial charge in [0.25, 0.3) is 5.91 Å². The van der Waals surface area contributed by atoms with Crippen molar-refractivity contribution < 1.29 is 40.7 Å². The molecule has 3 rings (SSSR count). The molecule has 0 aromatic heterocycles. The molecule has 7 nitrogen and oxygen atoms in total. The van der Waals surface area contributed by atoms with Gasteiger partial charge in [-0.15, -0.1) is 0 Å². The Labute approximate surface area is 208 Å². The molecule has 2 N–H and O–H groups in total. The first-order valence-electron chi connectivity index (χ1n) is 11.1. The van der Waals surface area contributed by atoms with E-state index >= 15 is 0 Å². The fourth-order valence-electron chi connectivity index (χ4n) is 3.70. The fourth-order valence-corrected chi connectivity index (χ4v) is 3.70. The quantitative estimate of drug-likeness (QED) is 0.426. The highest BCUT2D eigenvalue weighted by Gasteiger charge is 2.57. The third kappa shape index (κ3) is 6.33. The van der Waals surface area contributed by atoms with Crippen LogP contribution in [0.3, 0.4) is 0 Å². The van der Waals surface area contributed by atoms with Crippen LogP contribution in [-0.2, 0) is 20.9 Å². The minimum absolute atomic E-state index is 0.0657. The molecule has 0 radical (unpaired) electrons. The Kier molecular flexibility index (Phi) is 8.03. The number of benzene rings is 2. The van der Waals surface area contributed by atoms with E-state index < -0.39 is 54.1 Å². The zero-order valence-corrected chi connectivity index (χ0v) is 19.8. The molecule has 0 saturated heterocycles. The second-order valence-corrected chi connectivity index (χ2v) is 8.60. The summed E-state index contributed by atoms with van der Waals surface area (Å²) in [6, 6.07) is 11.4. The van der Waals surface area contributed by atoms with Gasteiger partial charge in [0, 0.05) is 20.1 Å². The highest BCUT2D eigenvalue weighted by atomic mass is 19.4. The van der Waals surface area contributed by atoms with E-state index in [9.17, 15) is 40.7 Å². The van der Waals surface area contributed by atoms with E-state index in [0.717, 1.165) is 6.92 Å². The molecule has 2 atom stereocenters. The molecule has 0 bridgehead atoms. The number of nitrogens with zero attached hydrogens (tertiary/aromatic N) is 2. The molecular formula is C24H24F6N4O3. The molecule has 1 unspecified atom stereocenters. The number of amides is 3. The summed E-state index contributed by atoms with van der Waals surface area (Å²) in [5, 5.41) is 3.84. The van der Waals surface area contributed by atoms with Gasteiger partial charge in [-0.05, 0) is 36.8 Å². The largest absolute Gasteiger partial charge is 0.455 e. The van der Waals surface area contributed by atoms with Crippen molar-refractivity contribution in [2.45, 2.75) is 31.6 Å². The third-order valence-corrected chi connectivity index (χ3v) is 5.90. The van der Waals surface area contributed by atoms with E-state index in [4.69, 9.17) is 0 Å². The Bertz CT molecular complexity index is 1160. The highest BCUT2D eigenvalue weighted by Crippen LogP contribution is 2.35. The van der Waals surface area contributed by atoms with Gasteiger partial charge in [0.15, 0.2) is 0 Å². The van der Waals surface area contributed by atoms with Gasteiger partial charge < -0.3 is 20.4 Å². The Hall–Kier alpha value is -3.77. The van der Waals surface area contributed by atoms with Crippen LogP contribution in [0.4, 0.5) is 37.7 Å². The standard InChI is InChI=1S/C24H24F6N4O3/c1-14(20(35)31-13-23(26,27)24(28,29)30)21(36)32-17-12-34(11-15-7-9-16(25)10-8-15)19-6-4-3-5-18(19)33(2)22(17)37/h3-10,14,17H,11-13H2,1-2H3,(H,31,35)(H,32,36)/t14?,17-/m0/s1. The first kappa shape index (κ1) is 27.8. The van der Waals surface area contributed by atoms with Crippen LogP contribution in [0, 0.1) is 11.7 Å². The number of nitrogens with one attached hydrogen (secondary N) is 2. The summed E-state index contributed by atoms with van der Waals surface area (Å²) in [7, 11) is 1.48. The number of anilines is 2. The number of alkyl halides is 5. The van der Waals surface area contributed by atoms with Gasteiger partial charge in [0.05, 0.1) is 17.9 Å². The van der Waals surface area contributed by atoms with Crippen molar-refractivity contribution in [3.63, 3.8) is 0 Å². The summed E-state index contributed by atoms with van der Waals surface area (Å²) >= 11 is 0. The maximum absolute atomic E-state index is 13.4. The van der Waals surface area contributed by atoms with Gasteiger partial charge in [-0.3, -0.25) is 14.4 Å². The number of rotatable bonds is 7. The van der Waals surface area contributed by atoms with Crippen LogP contribution in [0.25, 0.3) is 0 Å². The molecule has 37 heavy (non-hydrogen) atoms. The zero-order chi connectivity index (χ0) is 27.5. The van der Waals surface area contributed by atoms with Crippen molar-refractivity contribution in [1.82, 2.24) is 10.6 Å². The van der Waals surface area contributed by atoms with Crippen molar-refractivity contribution in [3.8, 4) is 0 Å². The van der Waals surface area contributed by atoms with Gasteiger partial charge in [0.2, 0.25) is 11.8 Å². The number of halogens is 6. The maximum atomic E-state index is 13.4. The van der Waals surface area contributed by atoms with E-state index in [-0.39, 0.29) is 13.1 Å². The molecule has 13 heteroatoms. The molecule has 0 aliphatic carbocycles.